The van der Waals surface area contributed by atoms with Gasteiger partial charge in [-0.05, 0) is 45.0 Å². The Balaban J connectivity index is 1.94. The van der Waals surface area contributed by atoms with Gasteiger partial charge in [0.25, 0.3) is 11.8 Å². The number of nitrogens with one attached hydrogen (secondary N) is 1. The largest absolute Gasteiger partial charge is 0.272 e. The van der Waals surface area contributed by atoms with E-state index in [1.54, 1.807) is 42.6 Å². The van der Waals surface area contributed by atoms with E-state index in [0.29, 0.717) is 16.6 Å². The van der Waals surface area contributed by atoms with Crippen molar-refractivity contribution in [2.24, 2.45) is 0 Å². The Morgan fingerprint density at radius 1 is 0.923 bits per heavy atom. The summed E-state index contributed by atoms with van der Waals surface area (Å²) in [7, 11) is 0. The second-order valence-corrected chi connectivity index (χ2v) is 7.00. The number of nitrogens with zero attached hydrogens (tertiary/aromatic N) is 2. The minimum atomic E-state index is -0.597. The molecule has 0 atom stereocenters. The third-order valence-electron chi connectivity index (χ3n) is 3.99. The average molecular weight is 347 g/mol. The van der Waals surface area contributed by atoms with E-state index in [4.69, 9.17) is 0 Å². The maximum absolute atomic E-state index is 12.9. The maximum atomic E-state index is 12.9. The van der Waals surface area contributed by atoms with E-state index < -0.39 is 5.54 Å². The Morgan fingerprint density at radius 3 is 2.31 bits per heavy atom. The van der Waals surface area contributed by atoms with E-state index in [0.717, 1.165) is 5.39 Å². The van der Waals surface area contributed by atoms with Crippen molar-refractivity contribution in [3.05, 3.63) is 78.0 Å². The average Bonchev–Trinajstić information content (AvgIpc) is 2.64. The van der Waals surface area contributed by atoms with E-state index in [1.165, 1.54) is 5.01 Å². The van der Waals surface area contributed by atoms with Crippen molar-refractivity contribution in [1.82, 2.24) is 15.4 Å². The fourth-order valence-corrected chi connectivity index (χ4v) is 2.68. The SMILES string of the molecule is CC(C)(C)N(NC(=O)c1cccc2cccnc12)C(=O)c1ccccc1. The zero-order valence-corrected chi connectivity index (χ0v) is 15.1. The zero-order valence-electron chi connectivity index (χ0n) is 15.1. The van der Waals surface area contributed by atoms with Crippen molar-refractivity contribution in [2.75, 3.05) is 0 Å². The van der Waals surface area contributed by atoms with Crippen LogP contribution in [0.25, 0.3) is 10.9 Å². The standard InChI is InChI=1S/C21H21N3O2/c1-21(2,3)24(20(26)16-9-5-4-6-10-16)23-19(25)17-13-7-11-15-12-8-14-22-18(15)17/h4-14H,1-3H3,(H,23,25). The molecule has 0 unspecified atom stereocenters. The molecule has 26 heavy (non-hydrogen) atoms. The van der Waals surface area contributed by atoms with E-state index in [1.807, 2.05) is 45.0 Å². The van der Waals surface area contributed by atoms with Crippen LogP contribution in [0.4, 0.5) is 0 Å². The van der Waals surface area contributed by atoms with Crippen molar-refractivity contribution >= 4 is 22.7 Å². The van der Waals surface area contributed by atoms with Gasteiger partial charge < -0.3 is 0 Å². The highest BCUT2D eigenvalue weighted by atomic mass is 16.2. The summed E-state index contributed by atoms with van der Waals surface area (Å²) in [4.78, 5) is 30.1. The van der Waals surface area contributed by atoms with Gasteiger partial charge in [-0.2, -0.15) is 0 Å². The smallest absolute Gasteiger partial charge is 0.267 e. The second kappa shape index (κ2) is 6.96. The van der Waals surface area contributed by atoms with Gasteiger partial charge in [0.1, 0.15) is 0 Å². The normalized spacial score (nSPS) is 11.2. The molecular weight excluding hydrogens is 326 g/mol. The summed E-state index contributed by atoms with van der Waals surface area (Å²) in [5, 5.41) is 2.24. The molecule has 0 fully saturated rings. The van der Waals surface area contributed by atoms with Gasteiger partial charge in [0.15, 0.2) is 0 Å². The molecule has 0 aliphatic carbocycles. The van der Waals surface area contributed by atoms with Gasteiger partial charge in [-0.1, -0.05) is 36.4 Å². The highest BCUT2D eigenvalue weighted by Gasteiger charge is 2.30. The third kappa shape index (κ3) is 3.57. The number of para-hydroxylation sites is 1. The number of carbonyl (C=O) groups excluding carboxylic acids is 2. The third-order valence-corrected chi connectivity index (χ3v) is 3.99. The fraction of sp³-hybridized carbons (Fsp3) is 0.190. The monoisotopic (exact) mass is 347 g/mol. The highest BCUT2D eigenvalue weighted by molar-refractivity contribution is 6.06. The molecule has 0 saturated heterocycles. The molecule has 2 amide bonds. The minimum absolute atomic E-state index is 0.264. The summed E-state index contributed by atoms with van der Waals surface area (Å²) in [6.07, 6.45) is 1.65. The number of hydrogen-bond donors (Lipinski definition) is 1. The molecule has 0 radical (unpaired) electrons. The quantitative estimate of drug-likeness (QED) is 0.717. The fourth-order valence-electron chi connectivity index (χ4n) is 2.68. The Bertz CT molecular complexity index is 941. The minimum Gasteiger partial charge on any atom is -0.267 e. The number of hydrazine groups is 1. The number of benzene rings is 2. The van der Waals surface area contributed by atoms with Gasteiger partial charge >= 0.3 is 0 Å². The first-order chi connectivity index (χ1) is 12.4. The lowest BCUT2D eigenvalue weighted by atomic mass is 10.1. The molecule has 1 aromatic heterocycles. The Hall–Kier alpha value is -3.21. The highest BCUT2D eigenvalue weighted by Crippen LogP contribution is 2.19. The molecule has 132 valence electrons. The van der Waals surface area contributed by atoms with E-state index in [2.05, 4.69) is 10.4 Å². The molecule has 3 aromatic rings. The first-order valence-corrected chi connectivity index (χ1v) is 8.42. The summed E-state index contributed by atoms with van der Waals surface area (Å²) in [5.41, 5.74) is 3.72. The number of amides is 2. The number of fused-ring (bicyclic) bond motifs is 1. The first-order valence-electron chi connectivity index (χ1n) is 8.42. The molecule has 0 spiro atoms. The number of pyridine rings is 1. The van der Waals surface area contributed by atoms with Crippen LogP contribution in [0.1, 0.15) is 41.5 Å². The van der Waals surface area contributed by atoms with Crippen LogP contribution in [0.3, 0.4) is 0 Å². The number of aromatic nitrogens is 1. The molecule has 0 saturated carbocycles. The molecule has 5 nitrogen and oxygen atoms in total. The van der Waals surface area contributed by atoms with Crippen molar-refractivity contribution in [3.8, 4) is 0 Å². The van der Waals surface area contributed by atoms with Crippen molar-refractivity contribution in [1.29, 1.82) is 0 Å². The van der Waals surface area contributed by atoms with Gasteiger partial charge in [0.05, 0.1) is 16.6 Å². The topological polar surface area (TPSA) is 62.3 Å². The lowest BCUT2D eigenvalue weighted by molar-refractivity contribution is 0.0359. The van der Waals surface area contributed by atoms with Crippen LogP contribution < -0.4 is 5.43 Å². The Labute approximate surface area is 152 Å². The van der Waals surface area contributed by atoms with Crippen LogP contribution in [0.5, 0.6) is 0 Å². The molecule has 1 heterocycles. The van der Waals surface area contributed by atoms with Crippen LogP contribution in [-0.4, -0.2) is 27.3 Å². The number of rotatable bonds is 2. The molecule has 0 aliphatic heterocycles. The molecule has 0 aliphatic rings. The maximum Gasteiger partial charge on any atom is 0.272 e. The lowest BCUT2D eigenvalue weighted by Gasteiger charge is -2.35. The van der Waals surface area contributed by atoms with Gasteiger partial charge in [-0.15, -0.1) is 0 Å². The first kappa shape index (κ1) is 17.6. The van der Waals surface area contributed by atoms with Gasteiger partial charge in [-0.25, -0.2) is 5.01 Å². The second-order valence-electron chi connectivity index (χ2n) is 7.00. The zero-order chi connectivity index (χ0) is 18.7. The molecular formula is C21H21N3O2. The Morgan fingerprint density at radius 2 is 1.62 bits per heavy atom. The summed E-state index contributed by atoms with van der Waals surface area (Å²) in [6.45, 7) is 5.61. The van der Waals surface area contributed by atoms with Crippen molar-refractivity contribution in [2.45, 2.75) is 26.3 Å². The molecule has 1 N–H and O–H groups in total. The lowest BCUT2D eigenvalue weighted by Crippen LogP contribution is -2.55. The van der Waals surface area contributed by atoms with Crippen molar-refractivity contribution < 1.29 is 9.59 Å². The Kier molecular flexibility index (Phi) is 4.71. The van der Waals surface area contributed by atoms with Gasteiger partial charge in [0, 0.05) is 17.1 Å². The predicted octanol–water partition coefficient (Wildman–Crippen LogP) is 3.82. The summed E-state index contributed by atoms with van der Waals surface area (Å²) in [5.74, 6) is -0.631. The molecule has 5 heteroatoms. The van der Waals surface area contributed by atoms with Crippen LogP contribution >= 0.6 is 0 Å². The van der Waals surface area contributed by atoms with Gasteiger partial charge in [0.2, 0.25) is 0 Å². The molecule has 2 aromatic carbocycles. The van der Waals surface area contributed by atoms with Crippen LogP contribution in [0.2, 0.25) is 0 Å². The predicted molar refractivity (Wildman–Crippen MR) is 102 cm³/mol. The number of carbonyl (C=O) groups is 2. The summed E-state index contributed by atoms with van der Waals surface area (Å²) >= 11 is 0. The van der Waals surface area contributed by atoms with Crippen LogP contribution in [-0.2, 0) is 0 Å². The summed E-state index contributed by atoms with van der Waals surface area (Å²) in [6, 6.07) is 18.0. The molecule has 3 rings (SSSR count). The molecule has 0 bridgehead atoms. The van der Waals surface area contributed by atoms with E-state index in [-0.39, 0.29) is 11.8 Å². The van der Waals surface area contributed by atoms with Crippen LogP contribution in [0.15, 0.2) is 66.9 Å². The number of hydrogen-bond acceptors (Lipinski definition) is 3. The van der Waals surface area contributed by atoms with Crippen molar-refractivity contribution in [3.63, 3.8) is 0 Å². The van der Waals surface area contributed by atoms with E-state index >= 15 is 0 Å². The van der Waals surface area contributed by atoms with Gasteiger partial charge in [-0.3, -0.25) is 20.0 Å². The summed E-state index contributed by atoms with van der Waals surface area (Å²) < 4.78 is 0. The van der Waals surface area contributed by atoms with E-state index in [9.17, 15) is 9.59 Å². The van der Waals surface area contributed by atoms with Crippen LogP contribution in [0, 0.1) is 0 Å².